The van der Waals surface area contributed by atoms with E-state index in [9.17, 15) is 26.7 Å². The second-order valence-corrected chi connectivity index (χ2v) is 7.73. The van der Waals surface area contributed by atoms with Crippen LogP contribution in [-0.2, 0) is 18.4 Å². The van der Waals surface area contributed by atoms with Crippen molar-refractivity contribution in [2.45, 2.75) is 12.7 Å². The number of aryl methyl sites for hydroxylation is 1. The van der Waals surface area contributed by atoms with Crippen LogP contribution in [0.15, 0.2) is 73.2 Å². The van der Waals surface area contributed by atoms with Crippen LogP contribution in [0.4, 0.5) is 33.6 Å². The van der Waals surface area contributed by atoms with Crippen LogP contribution in [0.1, 0.15) is 16.1 Å². The fourth-order valence-electron chi connectivity index (χ4n) is 3.07. The third-order valence-corrected chi connectivity index (χ3v) is 4.95. The van der Waals surface area contributed by atoms with E-state index in [1.165, 1.54) is 6.07 Å². The van der Waals surface area contributed by atoms with Gasteiger partial charge in [-0.3, -0.25) is 4.79 Å². The monoisotopic (exact) mass is 533 g/mol. The molecule has 8 nitrogen and oxygen atoms in total. The smallest absolute Gasteiger partial charge is 0.475 e. The van der Waals surface area contributed by atoms with Crippen molar-refractivity contribution in [1.82, 2.24) is 19.9 Å². The van der Waals surface area contributed by atoms with E-state index in [1.807, 2.05) is 30.3 Å². The number of carboxylic acids is 1. The Morgan fingerprint density at radius 2 is 1.61 bits per heavy atom. The van der Waals surface area contributed by atoms with Crippen molar-refractivity contribution in [1.29, 1.82) is 0 Å². The number of hydrogen-bond donors (Lipinski definition) is 3. The van der Waals surface area contributed by atoms with Gasteiger partial charge in [0, 0.05) is 60.6 Å². The van der Waals surface area contributed by atoms with E-state index in [4.69, 9.17) is 9.90 Å². The first-order chi connectivity index (χ1) is 17.9. The summed E-state index contributed by atoms with van der Waals surface area (Å²) in [6.07, 6.45) is 0.0444. The summed E-state index contributed by atoms with van der Waals surface area (Å²) in [7, 11) is 1.74. The molecule has 0 saturated heterocycles. The van der Waals surface area contributed by atoms with Crippen molar-refractivity contribution in [3.8, 4) is 11.1 Å². The Hall–Kier alpha value is -4.81. The fraction of sp³-hybridized carbons (Fsp3) is 0.120. The minimum absolute atomic E-state index is 0.0472. The maximum absolute atomic E-state index is 13.8. The van der Waals surface area contributed by atoms with Crippen molar-refractivity contribution in [2.75, 3.05) is 5.32 Å². The van der Waals surface area contributed by atoms with Crippen LogP contribution in [0.3, 0.4) is 0 Å². The molecule has 4 rings (SSSR count). The van der Waals surface area contributed by atoms with Gasteiger partial charge in [0.15, 0.2) is 0 Å². The molecule has 0 radical (unpaired) electrons. The average Bonchev–Trinajstić information content (AvgIpc) is 3.26. The molecule has 0 bridgehead atoms. The second kappa shape index (κ2) is 12.0. The molecular weight excluding hydrogens is 513 g/mol. The maximum atomic E-state index is 13.8. The number of carboxylic acid groups (broad SMARTS) is 1. The Balaban J connectivity index is 0.000000505. The summed E-state index contributed by atoms with van der Waals surface area (Å²) in [6.45, 7) is -0.0472. The number of benzene rings is 2. The average molecular weight is 533 g/mol. The highest BCUT2D eigenvalue weighted by atomic mass is 19.4. The lowest BCUT2D eigenvalue weighted by atomic mass is 10.2. The van der Waals surface area contributed by atoms with Crippen LogP contribution in [0, 0.1) is 11.6 Å². The van der Waals surface area contributed by atoms with Gasteiger partial charge in [0.05, 0.1) is 0 Å². The molecule has 2 aromatic heterocycles. The molecule has 0 spiro atoms. The Labute approximate surface area is 212 Å². The first-order valence-electron chi connectivity index (χ1n) is 10.8. The highest BCUT2D eigenvalue weighted by Crippen LogP contribution is 2.22. The molecule has 0 aliphatic carbocycles. The standard InChI is InChI=1S/C23H19F2N5O.C2HF3O2/c1-30-14-16(17-12-27-23(28-13-17)29-19-5-3-2-4-6-19)9-21(30)22(31)26-11-15-7-8-18(24)10-20(15)25;3-2(4,5)1(6)7/h2-10,12-14H,11H2,1H3,(H,26,31)(H,27,28,29);(H,6,7). The molecule has 198 valence electrons. The van der Waals surface area contributed by atoms with Gasteiger partial charge in [-0.15, -0.1) is 0 Å². The first-order valence-corrected chi connectivity index (χ1v) is 10.8. The number of hydrogen-bond acceptors (Lipinski definition) is 5. The molecule has 0 fully saturated rings. The number of nitrogens with one attached hydrogen (secondary N) is 2. The number of rotatable bonds is 6. The van der Waals surface area contributed by atoms with Crippen molar-refractivity contribution in [3.63, 3.8) is 0 Å². The van der Waals surface area contributed by atoms with Crippen molar-refractivity contribution >= 4 is 23.5 Å². The van der Waals surface area contributed by atoms with Gasteiger partial charge in [-0.1, -0.05) is 24.3 Å². The molecule has 2 heterocycles. The zero-order valence-electron chi connectivity index (χ0n) is 19.6. The Morgan fingerprint density at radius 3 is 2.18 bits per heavy atom. The lowest BCUT2D eigenvalue weighted by molar-refractivity contribution is -0.192. The van der Waals surface area contributed by atoms with Gasteiger partial charge < -0.3 is 20.3 Å². The Bertz CT molecular complexity index is 1410. The highest BCUT2D eigenvalue weighted by molar-refractivity contribution is 5.94. The topological polar surface area (TPSA) is 109 Å². The van der Waals surface area contributed by atoms with Gasteiger partial charge in [0.2, 0.25) is 5.95 Å². The second-order valence-electron chi connectivity index (χ2n) is 7.73. The fourth-order valence-corrected chi connectivity index (χ4v) is 3.07. The molecule has 2 aromatic carbocycles. The summed E-state index contributed by atoms with van der Waals surface area (Å²) in [5.74, 6) is -4.03. The number of carbonyl (C=O) groups is 2. The van der Waals surface area contributed by atoms with Gasteiger partial charge in [0.25, 0.3) is 5.91 Å². The first kappa shape index (κ1) is 27.8. The summed E-state index contributed by atoms with van der Waals surface area (Å²) in [5.41, 5.74) is 3.00. The number of aliphatic carboxylic acids is 1. The number of anilines is 2. The van der Waals surface area contributed by atoms with E-state index in [0.29, 0.717) is 11.6 Å². The van der Waals surface area contributed by atoms with Gasteiger partial charge in [-0.2, -0.15) is 13.2 Å². The molecule has 0 aliphatic heterocycles. The summed E-state index contributed by atoms with van der Waals surface area (Å²) in [4.78, 5) is 30.1. The predicted molar refractivity (Wildman–Crippen MR) is 127 cm³/mol. The van der Waals surface area contributed by atoms with E-state index in [0.717, 1.165) is 28.9 Å². The third-order valence-electron chi connectivity index (χ3n) is 4.95. The molecule has 13 heteroatoms. The van der Waals surface area contributed by atoms with Crippen LogP contribution in [0.2, 0.25) is 0 Å². The molecule has 4 aromatic rings. The molecule has 0 aliphatic rings. The Morgan fingerprint density at radius 1 is 0.974 bits per heavy atom. The number of amides is 1. The predicted octanol–water partition coefficient (Wildman–Crippen LogP) is 5.07. The molecule has 0 saturated carbocycles. The van der Waals surface area contributed by atoms with E-state index in [-0.39, 0.29) is 18.0 Å². The van der Waals surface area contributed by atoms with E-state index >= 15 is 0 Å². The number of carbonyl (C=O) groups excluding carboxylic acids is 1. The zero-order valence-corrected chi connectivity index (χ0v) is 19.6. The van der Waals surface area contributed by atoms with Crippen LogP contribution in [0.25, 0.3) is 11.1 Å². The molecule has 0 unspecified atom stereocenters. The van der Waals surface area contributed by atoms with Crippen LogP contribution in [0.5, 0.6) is 0 Å². The SMILES string of the molecule is Cn1cc(-c2cnc(Nc3ccccc3)nc2)cc1C(=O)NCc1ccc(F)cc1F.O=C(O)C(F)(F)F. The molecular formula is C25H20F5N5O3. The number of para-hydroxylation sites is 1. The molecule has 3 N–H and O–H groups in total. The minimum atomic E-state index is -5.08. The number of halogens is 5. The lowest BCUT2D eigenvalue weighted by Gasteiger charge is -2.07. The van der Waals surface area contributed by atoms with Crippen LogP contribution >= 0.6 is 0 Å². The van der Waals surface area contributed by atoms with Crippen molar-refractivity contribution in [3.05, 3.63) is 96.1 Å². The van der Waals surface area contributed by atoms with Gasteiger partial charge in [-0.05, 0) is 24.3 Å². The van der Waals surface area contributed by atoms with E-state index in [1.54, 1.807) is 36.3 Å². The zero-order chi connectivity index (χ0) is 27.9. The van der Waals surface area contributed by atoms with Gasteiger partial charge >= 0.3 is 12.1 Å². The van der Waals surface area contributed by atoms with Gasteiger partial charge in [0.1, 0.15) is 17.3 Å². The number of alkyl halides is 3. The summed E-state index contributed by atoms with van der Waals surface area (Å²) in [5, 5.41) is 12.9. The largest absolute Gasteiger partial charge is 0.490 e. The lowest BCUT2D eigenvalue weighted by Crippen LogP contribution is -2.25. The van der Waals surface area contributed by atoms with Crippen molar-refractivity contribution in [2.24, 2.45) is 7.05 Å². The maximum Gasteiger partial charge on any atom is 0.490 e. The molecule has 1 amide bonds. The number of aromatic nitrogens is 3. The quantitative estimate of drug-likeness (QED) is 0.299. The normalized spacial score (nSPS) is 10.8. The third kappa shape index (κ3) is 7.59. The Kier molecular flexibility index (Phi) is 8.73. The summed E-state index contributed by atoms with van der Waals surface area (Å²) >= 11 is 0. The highest BCUT2D eigenvalue weighted by Gasteiger charge is 2.38. The van der Waals surface area contributed by atoms with E-state index < -0.39 is 23.8 Å². The summed E-state index contributed by atoms with van der Waals surface area (Å²) < 4.78 is 60.2. The van der Waals surface area contributed by atoms with Crippen LogP contribution < -0.4 is 10.6 Å². The van der Waals surface area contributed by atoms with Crippen LogP contribution in [-0.4, -0.2) is 37.7 Å². The number of nitrogens with zero attached hydrogens (tertiary/aromatic N) is 3. The van der Waals surface area contributed by atoms with Crippen molar-refractivity contribution < 1.29 is 36.6 Å². The molecule has 38 heavy (non-hydrogen) atoms. The van der Waals surface area contributed by atoms with E-state index in [2.05, 4.69) is 20.6 Å². The summed E-state index contributed by atoms with van der Waals surface area (Å²) in [6, 6.07) is 14.5. The van der Waals surface area contributed by atoms with Gasteiger partial charge in [-0.25, -0.2) is 23.5 Å². The minimum Gasteiger partial charge on any atom is -0.475 e. The molecule has 0 atom stereocenters.